The molecule has 4 heteroatoms. The molecule has 100 valence electrons. The number of benzene rings is 2. The predicted octanol–water partition coefficient (Wildman–Crippen LogP) is 3.99. The first-order valence-electron chi connectivity index (χ1n) is 6.15. The monoisotopic (exact) mass is 271 g/mol. The van der Waals surface area contributed by atoms with Crippen LogP contribution in [0.15, 0.2) is 42.6 Å². The molecule has 0 saturated heterocycles. The van der Waals surface area contributed by atoms with Gasteiger partial charge in [0.1, 0.15) is 11.6 Å². The van der Waals surface area contributed by atoms with Crippen molar-refractivity contribution in [3.8, 4) is 0 Å². The Morgan fingerprint density at radius 2 is 1.85 bits per heavy atom. The number of rotatable bonds is 2. The molecule has 1 heterocycles. The van der Waals surface area contributed by atoms with E-state index in [4.69, 9.17) is 0 Å². The van der Waals surface area contributed by atoms with Crippen LogP contribution in [0.4, 0.5) is 8.78 Å². The smallest absolute Gasteiger partial charge is 0.201 e. The SMILES string of the molecule is Cc1ccc(F)c(C(=O)c2c[nH]c3ccccc23)c1F. The molecule has 1 N–H and O–H groups in total. The fraction of sp³-hybridized carbons (Fsp3) is 0.0625. The zero-order valence-electron chi connectivity index (χ0n) is 10.7. The van der Waals surface area contributed by atoms with Crippen LogP contribution in [0.3, 0.4) is 0 Å². The van der Waals surface area contributed by atoms with Crippen LogP contribution in [0.25, 0.3) is 10.9 Å². The maximum atomic E-state index is 14.0. The Kier molecular flexibility index (Phi) is 2.86. The van der Waals surface area contributed by atoms with Gasteiger partial charge in [0.05, 0.1) is 5.56 Å². The molecule has 1 aromatic heterocycles. The van der Waals surface area contributed by atoms with E-state index in [1.165, 1.54) is 19.2 Å². The summed E-state index contributed by atoms with van der Waals surface area (Å²) in [6.07, 6.45) is 1.48. The van der Waals surface area contributed by atoms with Crippen molar-refractivity contribution < 1.29 is 13.6 Å². The zero-order valence-corrected chi connectivity index (χ0v) is 10.7. The number of carbonyl (C=O) groups is 1. The van der Waals surface area contributed by atoms with Crippen LogP contribution in [-0.2, 0) is 0 Å². The molecule has 0 bridgehead atoms. The third-order valence-electron chi connectivity index (χ3n) is 3.35. The third-order valence-corrected chi connectivity index (χ3v) is 3.35. The van der Waals surface area contributed by atoms with Crippen molar-refractivity contribution in [3.05, 3.63) is 70.9 Å². The Bertz CT molecular complexity index is 820. The summed E-state index contributed by atoms with van der Waals surface area (Å²) >= 11 is 0. The van der Waals surface area contributed by atoms with Gasteiger partial charge in [-0.15, -0.1) is 0 Å². The topological polar surface area (TPSA) is 32.9 Å². The molecular weight excluding hydrogens is 260 g/mol. The number of hydrogen-bond donors (Lipinski definition) is 1. The van der Waals surface area contributed by atoms with Crippen molar-refractivity contribution in [2.45, 2.75) is 6.92 Å². The number of hydrogen-bond acceptors (Lipinski definition) is 1. The molecule has 3 aromatic rings. The lowest BCUT2D eigenvalue weighted by Crippen LogP contribution is -2.08. The van der Waals surface area contributed by atoms with Gasteiger partial charge >= 0.3 is 0 Å². The number of aromatic nitrogens is 1. The van der Waals surface area contributed by atoms with Gasteiger partial charge in [-0.2, -0.15) is 0 Å². The second-order valence-corrected chi connectivity index (χ2v) is 4.63. The predicted molar refractivity (Wildman–Crippen MR) is 72.8 cm³/mol. The lowest BCUT2D eigenvalue weighted by atomic mass is 10.00. The van der Waals surface area contributed by atoms with Gasteiger partial charge in [-0.25, -0.2) is 8.78 Å². The second-order valence-electron chi connectivity index (χ2n) is 4.63. The van der Waals surface area contributed by atoms with E-state index in [2.05, 4.69) is 4.98 Å². The van der Waals surface area contributed by atoms with Crippen molar-refractivity contribution in [1.29, 1.82) is 0 Å². The van der Waals surface area contributed by atoms with Gasteiger partial charge in [0.25, 0.3) is 0 Å². The molecule has 0 aliphatic carbocycles. The number of fused-ring (bicyclic) bond motifs is 1. The fourth-order valence-electron chi connectivity index (χ4n) is 2.26. The van der Waals surface area contributed by atoms with E-state index in [9.17, 15) is 13.6 Å². The van der Waals surface area contributed by atoms with E-state index in [0.29, 0.717) is 5.39 Å². The Morgan fingerprint density at radius 1 is 1.10 bits per heavy atom. The summed E-state index contributed by atoms with van der Waals surface area (Å²) in [6.45, 7) is 1.50. The van der Waals surface area contributed by atoms with Crippen LogP contribution in [0.2, 0.25) is 0 Å². The summed E-state index contributed by atoms with van der Waals surface area (Å²) in [5.41, 5.74) is 0.762. The summed E-state index contributed by atoms with van der Waals surface area (Å²) in [7, 11) is 0. The lowest BCUT2D eigenvalue weighted by molar-refractivity contribution is 0.103. The van der Waals surface area contributed by atoms with Crippen LogP contribution < -0.4 is 0 Å². The van der Waals surface area contributed by atoms with E-state index in [1.807, 2.05) is 6.07 Å². The maximum absolute atomic E-state index is 14.0. The number of ketones is 1. The maximum Gasteiger partial charge on any atom is 0.201 e. The normalized spacial score (nSPS) is 10.9. The van der Waals surface area contributed by atoms with Crippen molar-refractivity contribution >= 4 is 16.7 Å². The van der Waals surface area contributed by atoms with Gasteiger partial charge in [0.2, 0.25) is 5.78 Å². The average molecular weight is 271 g/mol. The van der Waals surface area contributed by atoms with Crippen molar-refractivity contribution in [2.24, 2.45) is 0 Å². The van der Waals surface area contributed by atoms with Crippen LogP contribution in [-0.4, -0.2) is 10.8 Å². The molecule has 0 aliphatic heterocycles. The van der Waals surface area contributed by atoms with E-state index < -0.39 is 23.0 Å². The molecule has 0 unspecified atom stereocenters. The Labute approximate surface area is 114 Å². The first-order valence-corrected chi connectivity index (χ1v) is 6.15. The van der Waals surface area contributed by atoms with Gasteiger partial charge in [0.15, 0.2) is 0 Å². The van der Waals surface area contributed by atoms with E-state index in [0.717, 1.165) is 11.6 Å². The first kappa shape index (κ1) is 12.5. The van der Waals surface area contributed by atoms with Crippen molar-refractivity contribution in [2.75, 3.05) is 0 Å². The highest BCUT2D eigenvalue weighted by atomic mass is 19.1. The zero-order chi connectivity index (χ0) is 14.3. The number of aromatic amines is 1. The number of aryl methyl sites for hydroxylation is 1. The first-order chi connectivity index (χ1) is 9.59. The Hall–Kier alpha value is -2.49. The van der Waals surface area contributed by atoms with Gasteiger partial charge in [-0.3, -0.25) is 4.79 Å². The van der Waals surface area contributed by atoms with Gasteiger partial charge in [-0.1, -0.05) is 24.3 Å². The standard InChI is InChI=1S/C16H11F2NO/c1-9-6-7-12(17)14(15(9)18)16(20)11-8-19-13-5-3-2-4-10(11)13/h2-8,19H,1H3. The summed E-state index contributed by atoms with van der Waals surface area (Å²) in [6, 6.07) is 9.56. The molecule has 3 rings (SSSR count). The molecule has 0 amide bonds. The molecular formula is C16H11F2NO. The summed E-state index contributed by atoms with van der Waals surface area (Å²) in [5.74, 6) is -2.30. The largest absolute Gasteiger partial charge is 0.360 e. The summed E-state index contributed by atoms with van der Waals surface area (Å²) < 4.78 is 27.8. The Balaban J connectivity index is 2.21. The van der Waals surface area contributed by atoms with Crippen LogP contribution >= 0.6 is 0 Å². The highest BCUT2D eigenvalue weighted by Crippen LogP contribution is 2.24. The molecule has 2 nitrogen and oxygen atoms in total. The number of para-hydroxylation sites is 1. The highest BCUT2D eigenvalue weighted by Gasteiger charge is 2.22. The molecule has 0 spiro atoms. The van der Waals surface area contributed by atoms with Gasteiger partial charge < -0.3 is 4.98 Å². The van der Waals surface area contributed by atoms with Crippen LogP contribution in [0, 0.1) is 18.6 Å². The highest BCUT2D eigenvalue weighted by molar-refractivity contribution is 6.16. The number of halogens is 2. The van der Waals surface area contributed by atoms with Crippen molar-refractivity contribution in [3.63, 3.8) is 0 Å². The number of H-pyrrole nitrogens is 1. The molecule has 0 fully saturated rings. The van der Waals surface area contributed by atoms with Gasteiger partial charge in [-0.05, 0) is 24.6 Å². The second kappa shape index (κ2) is 4.56. The number of carbonyl (C=O) groups excluding carboxylic acids is 1. The van der Waals surface area contributed by atoms with Crippen LogP contribution in [0.5, 0.6) is 0 Å². The average Bonchev–Trinajstić information content (AvgIpc) is 2.87. The van der Waals surface area contributed by atoms with E-state index in [-0.39, 0.29) is 11.1 Å². The fourth-order valence-corrected chi connectivity index (χ4v) is 2.26. The lowest BCUT2D eigenvalue weighted by Gasteiger charge is -2.05. The number of nitrogens with one attached hydrogen (secondary N) is 1. The minimum Gasteiger partial charge on any atom is -0.360 e. The Morgan fingerprint density at radius 3 is 2.65 bits per heavy atom. The molecule has 20 heavy (non-hydrogen) atoms. The third kappa shape index (κ3) is 1.81. The molecule has 2 aromatic carbocycles. The van der Waals surface area contributed by atoms with Crippen LogP contribution in [0.1, 0.15) is 21.5 Å². The molecule has 0 aliphatic rings. The van der Waals surface area contributed by atoms with Gasteiger partial charge in [0, 0.05) is 22.7 Å². The molecule has 0 atom stereocenters. The summed E-state index contributed by atoms with van der Waals surface area (Å²) in [5, 5.41) is 0.651. The minimum absolute atomic E-state index is 0.245. The van der Waals surface area contributed by atoms with E-state index >= 15 is 0 Å². The minimum atomic E-state index is -0.844. The molecule has 0 saturated carbocycles. The summed E-state index contributed by atoms with van der Waals surface area (Å²) in [4.78, 5) is 15.3. The quantitative estimate of drug-likeness (QED) is 0.702. The molecule has 0 radical (unpaired) electrons. The van der Waals surface area contributed by atoms with Crippen molar-refractivity contribution in [1.82, 2.24) is 4.98 Å². The van der Waals surface area contributed by atoms with E-state index in [1.54, 1.807) is 18.2 Å².